The lowest BCUT2D eigenvalue weighted by molar-refractivity contribution is -0.185. The van der Waals surface area contributed by atoms with Crippen LogP contribution in [0.15, 0.2) is 30.3 Å². The molecule has 0 spiro atoms. The van der Waals surface area contributed by atoms with E-state index in [-0.39, 0.29) is 48.8 Å². The van der Waals surface area contributed by atoms with Gasteiger partial charge in [0.1, 0.15) is 11.3 Å². The summed E-state index contributed by atoms with van der Waals surface area (Å²) in [6.45, 7) is 0.550. The van der Waals surface area contributed by atoms with Crippen LogP contribution in [-0.2, 0) is 17.4 Å². The van der Waals surface area contributed by atoms with Crippen molar-refractivity contribution in [3.05, 3.63) is 41.5 Å². The number of halogens is 6. The summed E-state index contributed by atoms with van der Waals surface area (Å²) < 4.78 is 87.1. The summed E-state index contributed by atoms with van der Waals surface area (Å²) in [6.07, 6.45) is -6.67. The van der Waals surface area contributed by atoms with Crippen LogP contribution in [0.2, 0.25) is 0 Å². The summed E-state index contributed by atoms with van der Waals surface area (Å²) in [5.74, 6) is -2.86. The Kier molecular flexibility index (Phi) is 8.26. The predicted molar refractivity (Wildman–Crippen MR) is 126 cm³/mol. The summed E-state index contributed by atoms with van der Waals surface area (Å²) in [4.78, 5) is 11.1. The Morgan fingerprint density at radius 1 is 0.919 bits per heavy atom. The van der Waals surface area contributed by atoms with E-state index >= 15 is 0 Å². The maximum atomic E-state index is 14.2. The lowest BCUT2D eigenvalue weighted by Crippen LogP contribution is -2.36. The van der Waals surface area contributed by atoms with Crippen molar-refractivity contribution in [3.63, 3.8) is 0 Å². The minimum absolute atomic E-state index is 0.00782. The van der Waals surface area contributed by atoms with Gasteiger partial charge >= 0.3 is 18.3 Å². The monoisotopic (exact) mass is 531 g/mol. The first kappa shape index (κ1) is 27.5. The third kappa shape index (κ3) is 6.89. The fourth-order valence-corrected chi connectivity index (χ4v) is 5.55. The molecule has 37 heavy (non-hydrogen) atoms. The fourth-order valence-electron chi connectivity index (χ4n) is 5.55. The molecule has 0 heterocycles. The molecule has 2 aromatic rings. The molecule has 2 fully saturated rings. The van der Waals surface area contributed by atoms with E-state index < -0.39 is 35.9 Å². The van der Waals surface area contributed by atoms with Gasteiger partial charge in [0.2, 0.25) is 0 Å². The molecule has 4 nitrogen and oxygen atoms in total. The van der Waals surface area contributed by atoms with Crippen molar-refractivity contribution < 1.29 is 41.0 Å². The Hall–Kier alpha value is -2.49. The standard InChI is InChI=1S/C27H31F6NO3/c28-26(29,30)19-6-10-21(11-7-19)37-23-12-5-17-2-1-16(15-22(17)24(23)27(31,32)33)13-14-34-20-8-3-18(4-9-20)25(35)36/h1-2,5,12,15,18-21,34H,3-4,6-11,13-14H2,(H,35,36)/t18-,19-,20-,21+. The molecular weight excluding hydrogens is 500 g/mol. The quantitative estimate of drug-likeness (QED) is 0.373. The van der Waals surface area contributed by atoms with Crippen LogP contribution in [0, 0.1) is 11.8 Å². The average Bonchev–Trinajstić information content (AvgIpc) is 2.83. The van der Waals surface area contributed by atoms with Gasteiger partial charge in [0, 0.05) is 6.04 Å². The second-order valence-electron chi connectivity index (χ2n) is 10.2. The molecule has 2 aliphatic carbocycles. The third-order valence-corrected chi connectivity index (χ3v) is 7.69. The van der Waals surface area contributed by atoms with Crippen molar-refractivity contribution in [2.75, 3.05) is 6.54 Å². The summed E-state index contributed by atoms with van der Waals surface area (Å²) in [6, 6.07) is 7.92. The van der Waals surface area contributed by atoms with Crippen LogP contribution < -0.4 is 10.1 Å². The SMILES string of the molecule is O=C(O)[C@H]1CC[C@H](NCCc2ccc3ccc(O[C@H]4CC[C@@H](C(F)(F)F)CC4)c(C(F)(F)F)c3c2)CC1. The zero-order valence-electron chi connectivity index (χ0n) is 20.3. The Labute approximate surface area is 211 Å². The maximum absolute atomic E-state index is 14.2. The molecule has 0 aromatic heterocycles. The number of hydrogen-bond donors (Lipinski definition) is 2. The van der Waals surface area contributed by atoms with E-state index in [2.05, 4.69) is 5.32 Å². The number of carbonyl (C=O) groups is 1. The lowest BCUT2D eigenvalue weighted by atomic mass is 9.86. The van der Waals surface area contributed by atoms with Gasteiger partial charge in [-0.1, -0.05) is 24.3 Å². The zero-order valence-corrected chi connectivity index (χ0v) is 20.3. The first-order valence-corrected chi connectivity index (χ1v) is 12.7. The Bertz CT molecular complexity index is 1080. The molecule has 204 valence electrons. The van der Waals surface area contributed by atoms with Crippen LogP contribution in [0.3, 0.4) is 0 Å². The van der Waals surface area contributed by atoms with Crippen LogP contribution in [0.25, 0.3) is 10.8 Å². The van der Waals surface area contributed by atoms with E-state index in [9.17, 15) is 31.1 Å². The minimum Gasteiger partial charge on any atom is -0.490 e. The van der Waals surface area contributed by atoms with Crippen LogP contribution in [-0.4, -0.2) is 35.9 Å². The molecule has 2 N–H and O–H groups in total. The van der Waals surface area contributed by atoms with E-state index in [0.29, 0.717) is 36.8 Å². The van der Waals surface area contributed by atoms with Gasteiger partial charge < -0.3 is 15.2 Å². The first-order chi connectivity index (χ1) is 17.4. The summed E-state index contributed by atoms with van der Waals surface area (Å²) in [7, 11) is 0. The number of carboxylic acid groups (broad SMARTS) is 1. The predicted octanol–water partition coefficient (Wildman–Crippen LogP) is 7.13. The van der Waals surface area contributed by atoms with Crippen molar-refractivity contribution in [1.82, 2.24) is 5.32 Å². The number of rotatable bonds is 7. The summed E-state index contributed by atoms with van der Waals surface area (Å²) in [5, 5.41) is 12.9. The number of benzene rings is 2. The molecule has 0 saturated heterocycles. The molecule has 0 unspecified atom stereocenters. The molecule has 0 aliphatic heterocycles. The lowest BCUT2D eigenvalue weighted by Gasteiger charge is -2.31. The fraction of sp³-hybridized carbons (Fsp3) is 0.593. The van der Waals surface area contributed by atoms with Gasteiger partial charge in [0.15, 0.2) is 0 Å². The molecule has 0 atom stereocenters. The highest BCUT2D eigenvalue weighted by Crippen LogP contribution is 2.44. The molecule has 10 heteroatoms. The Morgan fingerprint density at radius 3 is 2.16 bits per heavy atom. The molecule has 0 bridgehead atoms. The van der Waals surface area contributed by atoms with Gasteiger partial charge in [-0.25, -0.2) is 0 Å². The van der Waals surface area contributed by atoms with E-state index in [1.807, 2.05) is 0 Å². The zero-order chi connectivity index (χ0) is 26.8. The van der Waals surface area contributed by atoms with Crippen LogP contribution in [0.5, 0.6) is 5.75 Å². The van der Waals surface area contributed by atoms with Crippen LogP contribution in [0.1, 0.15) is 62.5 Å². The van der Waals surface area contributed by atoms with E-state index in [1.165, 1.54) is 12.1 Å². The second-order valence-corrected chi connectivity index (χ2v) is 10.2. The van der Waals surface area contributed by atoms with Gasteiger partial charge in [-0.05, 0) is 86.7 Å². The van der Waals surface area contributed by atoms with Crippen molar-refractivity contribution in [3.8, 4) is 5.75 Å². The van der Waals surface area contributed by atoms with E-state index in [1.54, 1.807) is 18.2 Å². The summed E-state index contributed by atoms with van der Waals surface area (Å²) in [5.41, 5.74) is -0.183. The topological polar surface area (TPSA) is 58.6 Å². The number of fused-ring (bicyclic) bond motifs is 1. The summed E-state index contributed by atoms with van der Waals surface area (Å²) >= 11 is 0. The maximum Gasteiger partial charge on any atom is 0.420 e. The van der Waals surface area contributed by atoms with Crippen molar-refractivity contribution in [2.45, 2.75) is 82.3 Å². The van der Waals surface area contributed by atoms with Crippen molar-refractivity contribution in [2.24, 2.45) is 11.8 Å². The number of nitrogens with one attached hydrogen (secondary N) is 1. The normalized spacial score (nSPS) is 25.2. The van der Waals surface area contributed by atoms with Crippen molar-refractivity contribution >= 4 is 16.7 Å². The highest BCUT2D eigenvalue weighted by atomic mass is 19.4. The molecule has 0 amide bonds. The number of hydrogen-bond acceptors (Lipinski definition) is 3. The number of alkyl halides is 6. The van der Waals surface area contributed by atoms with Gasteiger partial charge in [-0.15, -0.1) is 0 Å². The average molecular weight is 532 g/mol. The number of carboxylic acids is 1. The van der Waals surface area contributed by atoms with Crippen LogP contribution in [0.4, 0.5) is 26.3 Å². The van der Waals surface area contributed by atoms with Gasteiger partial charge in [0.05, 0.1) is 17.9 Å². The van der Waals surface area contributed by atoms with E-state index in [4.69, 9.17) is 9.84 Å². The van der Waals surface area contributed by atoms with Gasteiger partial charge in [-0.2, -0.15) is 26.3 Å². The smallest absolute Gasteiger partial charge is 0.420 e. The first-order valence-electron chi connectivity index (χ1n) is 12.7. The molecule has 4 rings (SSSR count). The van der Waals surface area contributed by atoms with Crippen LogP contribution >= 0.6 is 0 Å². The second kappa shape index (κ2) is 11.1. The van der Waals surface area contributed by atoms with Crippen molar-refractivity contribution in [1.29, 1.82) is 0 Å². The Balaban J connectivity index is 1.45. The molecular formula is C27H31F6NO3. The molecule has 2 saturated carbocycles. The van der Waals surface area contributed by atoms with Gasteiger partial charge in [-0.3, -0.25) is 4.79 Å². The van der Waals surface area contributed by atoms with E-state index in [0.717, 1.165) is 12.8 Å². The number of ether oxygens (including phenoxy) is 1. The third-order valence-electron chi connectivity index (χ3n) is 7.69. The molecule has 2 aromatic carbocycles. The Morgan fingerprint density at radius 2 is 1.57 bits per heavy atom. The number of aliphatic carboxylic acids is 1. The highest BCUT2D eigenvalue weighted by molar-refractivity contribution is 5.89. The van der Waals surface area contributed by atoms with Gasteiger partial charge in [0.25, 0.3) is 0 Å². The molecule has 0 radical (unpaired) electrons. The highest BCUT2D eigenvalue weighted by Gasteiger charge is 2.42. The minimum atomic E-state index is -4.70. The largest absolute Gasteiger partial charge is 0.490 e. The molecule has 2 aliphatic rings.